The Kier molecular flexibility index (Phi) is 27.9. The molecule has 0 fully saturated rings. The van der Waals surface area contributed by atoms with Gasteiger partial charge in [0.25, 0.3) is 0 Å². The van der Waals surface area contributed by atoms with Crippen LogP contribution in [-0.2, 0) is 15.1 Å². The van der Waals surface area contributed by atoms with Gasteiger partial charge < -0.3 is 0 Å². The van der Waals surface area contributed by atoms with E-state index in [1.54, 1.807) is 0 Å². The van der Waals surface area contributed by atoms with Gasteiger partial charge >= 0.3 is 34.5 Å². The van der Waals surface area contributed by atoms with Gasteiger partial charge in [-0.3, -0.25) is 0 Å². The van der Waals surface area contributed by atoms with Crippen molar-refractivity contribution in [2.24, 2.45) is 0 Å². The van der Waals surface area contributed by atoms with Crippen LogP contribution in [0, 0.1) is 0 Å². The van der Waals surface area contributed by atoms with E-state index in [0.29, 0.717) is 0 Å². The molecule has 4 heteroatoms. The van der Waals surface area contributed by atoms with Gasteiger partial charge in [-0.25, -0.2) is 0 Å². The zero-order chi connectivity index (χ0) is 5.41. The average Bonchev–Trinajstić information content (AvgIpc) is 1.39. The van der Waals surface area contributed by atoms with Crippen LogP contribution in [0.2, 0.25) is 0 Å². The van der Waals surface area contributed by atoms with Gasteiger partial charge in [0, 0.05) is 0 Å². The summed E-state index contributed by atoms with van der Waals surface area (Å²) in [6.45, 7) is 3.13. The molecule has 0 atom stereocenters. The van der Waals surface area contributed by atoms with Gasteiger partial charge in [-0.2, -0.15) is 0 Å². The van der Waals surface area contributed by atoms with Crippen molar-refractivity contribution in [3.8, 4) is 0 Å². The van der Waals surface area contributed by atoms with E-state index in [-0.39, 0.29) is 0 Å². The molecule has 0 saturated heterocycles. The van der Waals surface area contributed by atoms with E-state index in [2.05, 4.69) is 6.58 Å². The SMILES string of the molecule is C=CCl.[Cl][Zn][Cl]. The van der Waals surface area contributed by atoms with Crippen LogP contribution >= 0.6 is 31.0 Å². The van der Waals surface area contributed by atoms with Crippen molar-refractivity contribution in [1.29, 1.82) is 0 Å². The topological polar surface area (TPSA) is 0 Å². The quantitative estimate of drug-likeness (QED) is 0.526. The van der Waals surface area contributed by atoms with E-state index in [1.807, 2.05) is 0 Å². The first-order valence-corrected chi connectivity index (χ1v) is 9.40. The summed E-state index contributed by atoms with van der Waals surface area (Å²) in [7, 11) is 9.90. The third-order valence-corrected chi connectivity index (χ3v) is 0. The monoisotopic (exact) mass is 196 g/mol. The van der Waals surface area contributed by atoms with Gasteiger partial charge in [0.05, 0.1) is 0 Å². The second-order valence-electron chi connectivity index (χ2n) is 0.255. The fraction of sp³-hybridized carbons (Fsp3) is 0. The van der Waals surface area contributed by atoms with E-state index in [1.165, 1.54) is 5.54 Å². The molecule has 0 unspecified atom stereocenters. The predicted octanol–water partition coefficient (Wildman–Crippen LogP) is 2.75. The fourth-order valence-corrected chi connectivity index (χ4v) is 0. The summed E-state index contributed by atoms with van der Waals surface area (Å²) in [4.78, 5) is 0. The van der Waals surface area contributed by atoms with Crippen molar-refractivity contribution in [1.82, 2.24) is 0 Å². The Morgan fingerprint density at radius 1 is 1.50 bits per heavy atom. The van der Waals surface area contributed by atoms with Gasteiger partial charge in [0.1, 0.15) is 0 Å². The second kappa shape index (κ2) is 16.3. The molecule has 0 spiro atoms. The van der Waals surface area contributed by atoms with Gasteiger partial charge in [-0.1, -0.05) is 18.2 Å². The van der Waals surface area contributed by atoms with Crippen molar-refractivity contribution in [3.63, 3.8) is 0 Å². The maximum absolute atomic E-state index is 4.95. The van der Waals surface area contributed by atoms with Gasteiger partial charge in [0.2, 0.25) is 0 Å². The molecule has 0 aliphatic rings. The summed E-state index contributed by atoms with van der Waals surface area (Å²) in [5.41, 5.74) is 1.22. The van der Waals surface area contributed by atoms with Gasteiger partial charge in [-0.05, 0) is 5.54 Å². The molecule has 0 saturated carbocycles. The number of halogens is 3. The van der Waals surface area contributed by atoms with Crippen LogP contribution in [0.25, 0.3) is 0 Å². The van der Waals surface area contributed by atoms with Crippen LogP contribution in [0.15, 0.2) is 12.1 Å². The molecule has 0 N–H and O–H groups in total. The fourth-order valence-electron chi connectivity index (χ4n) is 0. The van der Waals surface area contributed by atoms with Crippen LogP contribution in [0.1, 0.15) is 0 Å². The van der Waals surface area contributed by atoms with E-state index >= 15 is 0 Å². The van der Waals surface area contributed by atoms with Gasteiger partial charge in [-0.15, -0.1) is 0 Å². The Morgan fingerprint density at radius 3 is 1.50 bits per heavy atom. The molecule has 0 aromatic heterocycles. The molecule has 0 aliphatic carbocycles. The first-order chi connectivity index (χ1) is 2.83. The zero-order valence-corrected chi connectivity index (χ0v) is 8.36. The van der Waals surface area contributed by atoms with Crippen LogP contribution in [-0.4, -0.2) is 0 Å². The molecular weight excluding hydrogens is 196 g/mol. The van der Waals surface area contributed by atoms with E-state index in [9.17, 15) is 0 Å². The predicted molar refractivity (Wildman–Crippen MR) is 27.8 cm³/mol. The van der Waals surface area contributed by atoms with E-state index in [0.717, 1.165) is 0 Å². The Bertz CT molecular complexity index is 22.8. The van der Waals surface area contributed by atoms with Crippen molar-refractivity contribution >= 4 is 31.0 Å². The summed E-state index contributed by atoms with van der Waals surface area (Å²) in [5.74, 6) is 0. The standard InChI is InChI=1S/C2H3Cl.2ClH.Zn/c1-2-3;;;/h2H,1H2;2*1H;/q;;;+2/p-2. The Labute approximate surface area is 58.1 Å². The summed E-state index contributed by atoms with van der Waals surface area (Å²) in [6, 6.07) is 0. The number of rotatable bonds is 0. The number of hydrogen-bond donors (Lipinski definition) is 0. The molecule has 34 valence electrons. The average molecular weight is 199 g/mol. The van der Waals surface area contributed by atoms with E-state index < -0.39 is 15.1 Å². The Morgan fingerprint density at radius 2 is 1.50 bits per heavy atom. The van der Waals surface area contributed by atoms with Crippen molar-refractivity contribution in [3.05, 3.63) is 12.1 Å². The van der Waals surface area contributed by atoms with Gasteiger partial charge in [0.15, 0.2) is 0 Å². The molecule has 6 heavy (non-hydrogen) atoms. The minimum atomic E-state index is -0.931. The van der Waals surface area contributed by atoms with E-state index in [4.69, 9.17) is 31.0 Å². The summed E-state index contributed by atoms with van der Waals surface area (Å²) >= 11 is 3.83. The van der Waals surface area contributed by atoms with Crippen LogP contribution in [0.5, 0.6) is 0 Å². The van der Waals surface area contributed by atoms with Crippen LogP contribution in [0.3, 0.4) is 0 Å². The molecular formula is C2H3Cl3Zn. The maximum atomic E-state index is 4.95. The molecule has 0 radical (unpaired) electrons. The number of hydrogen-bond acceptors (Lipinski definition) is 0. The third-order valence-electron chi connectivity index (χ3n) is 0. The first kappa shape index (κ1) is 10.3. The van der Waals surface area contributed by atoms with Crippen molar-refractivity contribution in [2.45, 2.75) is 0 Å². The molecule has 0 aromatic carbocycles. The summed E-state index contributed by atoms with van der Waals surface area (Å²) < 4.78 is 0. The van der Waals surface area contributed by atoms with Crippen LogP contribution < -0.4 is 0 Å². The molecule has 0 heterocycles. The third kappa shape index (κ3) is 61.7. The van der Waals surface area contributed by atoms with Crippen molar-refractivity contribution in [2.75, 3.05) is 0 Å². The molecule has 0 rings (SSSR count). The van der Waals surface area contributed by atoms with Crippen LogP contribution in [0.4, 0.5) is 0 Å². The molecule has 0 aromatic rings. The minimum absolute atomic E-state index is 0.931. The zero-order valence-electron chi connectivity index (χ0n) is 3.13. The summed E-state index contributed by atoms with van der Waals surface area (Å²) in [6.07, 6.45) is 0. The normalized spacial score (nSPS) is 3.83. The second-order valence-corrected chi connectivity index (χ2v) is 5.19. The van der Waals surface area contributed by atoms with Crippen molar-refractivity contribution < 1.29 is 15.1 Å². The summed E-state index contributed by atoms with van der Waals surface area (Å²) in [5, 5.41) is 0. The molecule has 0 bridgehead atoms. The molecule has 0 amide bonds. The Balaban J connectivity index is 0. The Hall–Kier alpha value is 1.23. The molecule has 0 aliphatic heterocycles. The first-order valence-electron chi connectivity index (χ1n) is 1.16. The molecule has 0 nitrogen and oxygen atoms in total.